The summed E-state index contributed by atoms with van der Waals surface area (Å²) in [6, 6.07) is 0. The minimum Gasteiger partial charge on any atom is -0.396 e. The average molecular weight is 405 g/mol. The van der Waals surface area contributed by atoms with Crippen molar-refractivity contribution >= 4 is 5.91 Å². The van der Waals surface area contributed by atoms with E-state index in [0.717, 1.165) is 0 Å². The summed E-state index contributed by atoms with van der Waals surface area (Å²) in [7, 11) is 0. The highest BCUT2D eigenvalue weighted by Crippen LogP contribution is 2.53. The smallest absolute Gasteiger partial charge is 0.248 e. The van der Waals surface area contributed by atoms with E-state index in [1.165, 1.54) is 6.92 Å². The van der Waals surface area contributed by atoms with Crippen molar-refractivity contribution in [3.8, 4) is 0 Å². The minimum atomic E-state index is -1.78. The molecule has 9 nitrogen and oxygen atoms in total. The van der Waals surface area contributed by atoms with Gasteiger partial charge in [0.2, 0.25) is 5.91 Å². The van der Waals surface area contributed by atoms with Crippen molar-refractivity contribution in [1.82, 2.24) is 5.32 Å². The van der Waals surface area contributed by atoms with Crippen LogP contribution in [-0.2, 0) is 14.3 Å². The van der Waals surface area contributed by atoms with Crippen LogP contribution in [0, 0.1) is 17.3 Å². The second-order valence-corrected chi connectivity index (χ2v) is 9.55. The van der Waals surface area contributed by atoms with E-state index < -0.39 is 60.3 Å². The predicted molar refractivity (Wildman–Crippen MR) is 98.8 cm³/mol. The van der Waals surface area contributed by atoms with Gasteiger partial charge in [-0.05, 0) is 39.0 Å². The van der Waals surface area contributed by atoms with Crippen molar-refractivity contribution in [3.63, 3.8) is 0 Å². The highest BCUT2D eigenvalue weighted by Gasteiger charge is 2.71. The van der Waals surface area contributed by atoms with Crippen molar-refractivity contribution in [2.45, 2.75) is 83.4 Å². The van der Waals surface area contributed by atoms with E-state index in [1.54, 1.807) is 0 Å². The Balaban J connectivity index is 1.84. The molecule has 2 rings (SSSR count). The topological polar surface area (TPSA) is 149 Å². The summed E-state index contributed by atoms with van der Waals surface area (Å²) in [6.45, 7) is 9.03. The molecule has 28 heavy (non-hydrogen) atoms. The van der Waals surface area contributed by atoms with Gasteiger partial charge in [0.25, 0.3) is 0 Å². The van der Waals surface area contributed by atoms with Gasteiger partial charge < -0.3 is 40.3 Å². The molecular weight excluding hydrogens is 370 g/mol. The quantitative estimate of drug-likeness (QED) is 0.289. The first-order chi connectivity index (χ1) is 12.7. The number of aliphatic hydroxyl groups excluding tert-OH is 4. The second-order valence-electron chi connectivity index (χ2n) is 9.55. The standard InChI is InChI=1S/C19H35NO8/c1-10(22)15(25)20-18(4,5)9-17(2,3)6-7-27-16-12-14(24)13(23)11(8-21)19(12,26)28-16/h10-14,16,21-24,26H,6-9H2,1-5H3,(H,20,25). The molecule has 0 aromatic rings. The molecule has 0 aromatic carbocycles. The van der Waals surface area contributed by atoms with Crippen LogP contribution in [0.4, 0.5) is 0 Å². The fraction of sp³-hybridized carbons (Fsp3) is 0.947. The third-order valence-electron chi connectivity index (χ3n) is 5.76. The monoisotopic (exact) mass is 405 g/mol. The number of carbonyl (C=O) groups excluding carboxylic acids is 1. The molecule has 1 saturated heterocycles. The second kappa shape index (κ2) is 8.14. The summed E-state index contributed by atoms with van der Waals surface area (Å²) in [6.07, 6.45) is -3.18. The number of fused-ring (bicyclic) bond motifs is 1. The molecule has 0 aromatic heterocycles. The lowest BCUT2D eigenvalue weighted by Gasteiger charge is -2.49. The Labute approximate surface area is 165 Å². The summed E-state index contributed by atoms with van der Waals surface area (Å²) in [5.41, 5.74) is -0.734. The minimum absolute atomic E-state index is 0.211. The van der Waals surface area contributed by atoms with Gasteiger partial charge in [0.15, 0.2) is 12.1 Å². The fourth-order valence-electron chi connectivity index (χ4n) is 4.49. The third-order valence-corrected chi connectivity index (χ3v) is 5.76. The van der Waals surface area contributed by atoms with Crippen LogP contribution in [0.1, 0.15) is 47.5 Å². The van der Waals surface area contributed by atoms with Crippen molar-refractivity contribution < 1.29 is 39.8 Å². The van der Waals surface area contributed by atoms with Gasteiger partial charge in [0.1, 0.15) is 6.10 Å². The molecule has 9 heteroatoms. The van der Waals surface area contributed by atoms with E-state index in [9.17, 15) is 30.3 Å². The van der Waals surface area contributed by atoms with Crippen LogP contribution in [0.15, 0.2) is 0 Å². The number of carbonyl (C=O) groups is 1. The van der Waals surface area contributed by atoms with E-state index in [4.69, 9.17) is 9.47 Å². The fourth-order valence-corrected chi connectivity index (χ4v) is 4.49. The number of aliphatic hydroxyl groups is 5. The van der Waals surface area contributed by atoms with Crippen molar-refractivity contribution in [2.24, 2.45) is 17.3 Å². The highest BCUT2D eigenvalue weighted by atomic mass is 16.8. The zero-order valence-corrected chi connectivity index (χ0v) is 17.3. The van der Waals surface area contributed by atoms with Crippen molar-refractivity contribution in [2.75, 3.05) is 13.2 Å². The summed E-state index contributed by atoms with van der Waals surface area (Å²) >= 11 is 0. The molecule has 7 unspecified atom stereocenters. The molecule has 0 spiro atoms. The van der Waals surface area contributed by atoms with Gasteiger partial charge in [0.05, 0.1) is 37.3 Å². The molecule has 1 saturated carbocycles. The van der Waals surface area contributed by atoms with Gasteiger partial charge in [-0.1, -0.05) is 13.8 Å². The van der Waals surface area contributed by atoms with Crippen LogP contribution >= 0.6 is 0 Å². The molecule has 164 valence electrons. The molecular formula is C19H35NO8. The molecule has 6 N–H and O–H groups in total. The van der Waals surface area contributed by atoms with Crippen LogP contribution in [0.2, 0.25) is 0 Å². The van der Waals surface area contributed by atoms with Crippen molar-refractivity contribution in [1.29, 1.82) is 0 Å². The normalized spacial score (nSPS) is 36.6. The first-order valence-corrected chi connectivity index (χ1v) is 9.73. The van der Waals surface area contributed by atoms with E-state index >= 15 is 0 Å². The molecule has 2 fully saturated rings. The zero-order valence-electron chi connectivity index (χ0n) is 17.3. The number of amides is 1. The Morgan fingerprint density at radius 3 is 2.39 bits per heavy atom. The van der Waals surface area contributed by atoms with Gasteiger partial charge in [-0.2, -0.15) is 0 Å². The third kappa shape index (κ3) is 4.67. The maximum absolute atomic E-state index is 11.8. The predicted octanol–water partition coefficient (Wildman–Crippen LogP) is -0.910. The molecule has 7 atom stereocenters. The molecule has 1 aliphatic heterocycles. The van der Waals surface area contributed by atoms with E-state index in [2.05, 4.69) is 5.32 Å². The highest BCUT2D eigenvalue weighted by molar-refractivity contribution is 5.80. The Morgan fingerprint density at radius 1 is 1.25 bits per heavy atom. The molecule has 0 radical (unpaired) electrons. The van der Waals surface area contributed by atoms with Gasteiger partial charge >= 0.3 is 0 Å². The molecule has 2 aliphatic rings. The lowest BCUT2D eigenvalue weighted by molar-refractivity contribution is -0.438. The van der Waals surface area contributed by atoms with Gasteiger partial charge in [-0.3, -0.25) is 4.79 Å². The molecule has 1 amide bonds. The molecule has 1 aliphatic carbocycles. The maximum atomic E-state index is 11.8. The molecule has 0 bridgehead atoms. The number of rotatable bonds is 9. The number of hydrogen-bond donors (Lipinski definition) is 6. The Morgan fingerprint density at radius 2 is 1.86 bits per heavy atom. The molecule has 1 heterocycles. The van der Waals surface area contributed by atoms with E-state index in [0.29, 0.717) is 12.8 Å². The number of ether oxygens (including phenoxy) is 2. The maximum Gasteiger partial charge on any atom is 0.248 e. The Hall–Kier alpha value is -0.810. The zero-order chi connectivity index (χ0) is 21.5. The number of hydrogen-bond acceptors (Lipinski definition) is 8. The lowest BCUT2D eigenvalue weighted by Crippen LogP contribution is -2.63. The lowest BCUT2D eigenvalue weighted by atomic mass is 9.78. The summed E-state index contributed by atoms with van der Waals surface area (Å²) in [5, 5.41) is 52.0. The van der Waals surface area contributed by atoms with Gasteiger partial charge in [-0.25, -0.2) is 0 Å². The SMILES string of the molecule is CC(O)C(=O)NC(C)(C)CC(C)(C)CCOC1OC2(O)C(CO)C(O)C(O)C12. The first kappa shape index (κ1) is 23.5. The van der Waals surface area contributed by atoms with Crippen LogP contribution in [0.3, 0.4) is 0 Å². The van der Waals surface area contributed by atoms with Crippen molar-refractivity contribution in [3.05, 3.63) is 0 Å². The van der Waals surface area contributed by atoms with Crippen LogP contribution in [-0.4, -0.2) is 80.6 Å². The van der Waals surface area contributed by atoms with Crippen LogP contribution < -0.4 is 5.32 Å². The van der Waals surface area contributed by atoms with E-state index in [1.807, 2.05) is 27.7 Å². The van der Waals surface area contributed by atoms with Crippen LogP contribution in [0.5, 0.6) is 0 Å². The Bertz CT molecular complexity index is 566. The van der Waals surface area contributed by atoms with E-state index in [-0.39, 0.29) is 12.0 Å². The summed E-state index contributed by atoms with van der Waals surface area (Å²) in [4.78, 5) is 11.8. The van der Waals surface area contributed by atoms with Crippen LogP contribution in [0.25, 0.3) is 0 Å². The summed E-state index contributed by atoms with van der Waals surface area (Å²) < 4.78 is 11.0. The van der Waals surface area contributed by atoms with Gasteiger partial charge in [-0.15, -0.1) is 0 Å². The first-order valence-electron chi connectivity index (χ1n) is 9.73. The average Bonchev–Trinajstić information content (AvgIpc) is 2.65. The Kier molecular flexibility index (Phi) is 6.82. The number of nitrogens with one attached hydrogen (secondary N) is 1. The van der Waals surface area contributed by atoms with Gasteiger partial charge in [0, 0.05) is 5.54 Å². The largest absolute Gasteiger partial charge is 0.396 e. The summed E-state index contributed by atoms with van der Waals surface area (Å²) in [5.74, 6) is -3.99.